The largest absolute Gasteiger partial charge is 0.330 e. The fourth-order valence-corrected chi connectivity index (χ4v) is 1.65. The van der Waals surface area contributed by atoms with Gasteiger partial charge in [-0.1, -0.05) is 19.1 Å². The van der Waals surface area contributed by atoms with E-state index in [0.717, 1.165) is 17.8 Å². The number of aromatic nitrogens is 2. The molecule has 1 unspecified atom stereocenters. The maximum absolute atomic E-state index is 11.7. The highest BCUT2D eigenvalue weighted by Gasteiger charge is 2.10. The fraction of sp³-hybridized carbons (Fsp3) is 0.286. The van der Waals surface area contributed by atoms with E-state index >= 15 is 0 Å². The summed E-state index contributed by atoms with van der Waals surface area (Å²) in [4.78, 5) is 11.7. The second-order valence-electron chi connectivity index (χ2n) is 4.53. The van der Waals surface area contributed by atoms with Crippen molar-refractivity contribution in [2.45, 2.75) is 13.5 Å². The molecule has 5 nitrogen and oxygen atoms in total. The van der Waals surface area contributed by atoms with Crippen LogP contribution in [0.3, 0.4) is 0 Å². The van der Waals surface area contributed by atoms with Crippen LogP contribution >= 0.6 is 0 Å². The van der Waals surface area contributed by atoms with Crippen LogP contribution in [0.2, 0.25) is 0 Å². The molecular weight excluding hydrogens is 240 g/mol. The van der Waals surface area contributed by atoms with Crippen LogP contribution in [-0.2, 0) is 11.3 Å². The van der Waals surface area contributed by atoms with Crippen molar-refractivity contribution in [2.75, 3.05) is 11.9 Å². The summed E-state index contributed by atoms with van der Waals surface area (Å²) in [6.07, 6.45) is 3.67. The van der Waals surface area contributed by atoms with Gasteiger partial charge < -0.3 is 11.1 Å². The Labute approximate surface area is 112 Å². The van der Waals surface area contributed by atoms with Gasteiger partial charge in [0.15, 0.2) is 0 Å². The number of rotatable bonds is 5. The quantitative estimate of drug-likeness (QED) is 0.853. The summed E-state index contributed by atoms with van der Waals surface area (Å²) in [5.74, 6) is -0.230. The van der Waals surface area contributed by atoms with Crippen molar-refractivity contribution in [1.29, 1.82) is 0 Å². The Morgan fingerprint density at radius 1 is 1.42 bits per heavy atom. The Hall–Kier alpha value is -2.14. The number of hydrogen-bond donors (Lipinski definition) is 2. The molecule has 0 aliphatic carbocycles. The molecule has 0 saturated carbocycles. The van der Waals surface area contributed by atoms with Gasteiger partial charge in [-0.15, -0.1) is 0 Å². The second kappa shape index (κ2) is 6.15. The molecular formula is C14H18N4O. The third-order valence-electron chi connectivity index (χ3n) is 2.93. The van der Waals surface area contributed by atoms with Crippen LogP contribution in [0.4, 0.5) is 5.69 Å². The maximum atomic E-state index is 11.7. The standard InChI is InChI=1S/C14H18N4O/c1-11(9-15)14(19)17-13-5-3-12(4-6-13)10-18-8-2-7-16-18/h2-8,11H,9-10,15H2,1H3,(H,17,19). The lowest BCUT2D eigenvalue weighted by Gasteiger charge is -2.10. The molecule has 0 spiro atoms. The molecule has 1 amide bonds. The predicted molar refractivity (Wildman–Crippen MR) is 74.6 cm³/mol. The zero-order valence-electron chi connectivity index (χ0n) is 10.9. The van der Waals surface area contributed by atoms with Crippen LogP contribution in [0, 0.1) is 5.92 Å². The summed E-state index contributed by atoms with van der Waals surface area (Å²) in [5, 5.41) is 6.99. The molecule has 2 rings (SSSR count). The number of carbonyl (C=O) groups is 1. The van der Waals surface area contributed by atoms with E-state index in [4.69, 9.17) is 5.73 Å². The Bertz CT molecular complexity index is 519. The van der Waals surface area contributed by atoms with E-state index in [0.29, 0.717) is 6.54 Å². The van der Waals surface area contributed by atoms with Gasteiger partial charge in [0, 0.05) is 30.5 Å². The minimum atomic E-state index is -0.177. The molecule has 19 heavy (non-hydrogen) atoms. The molecule has 0 radical (unpaired) electrons. The van der Waals surface area contributed by atoms with Crippen molar-refractivity contribution in [3.63, 3.8) is 0 Å². The minimum Gasteiger partial charge on any atom is -0.330 e. The first-order valence-corrected chi connectivity index (χ1v) is 6.26. The summed E-state index contributed by atoms with van der Waals surface area (Å²) in [7, 11) is 0. The third-order valence-corrected chi connectivity index (χ3v) is 2.93. The lowest BCUT2D eigenvalue weighted by Crippen LogP contribution is -2.26. The van der Waals surface area contributed by atoms with E-state index in [2.05, 4.69) is 10.4 Å². The molecule has 1 atom stereocenters. The summed E-state index contributed by atoms with van der Waals surface area (Å²) < 4.78 is 1.85. The van der Waals surface area contributed by atoms with Crippen molar-refractivity contribution in [2.24, 2.45) is 11.7 Å². The molecule has 0 fully saturated rings. The van der Waals surface area contributed by atoms with Gasteiger partial charge in [-0.2, -0.15) is 5.10 Å². The Kier molecular flexibility index (Phi) is 4.30. The zero-order chi connectivity index (χ0) is 13.7. The highest BCUT2D eigenvalue weighted by Crippen LogP contribution is 2.11. The highest BCUT2D eigenvalue weighted by atomic mass is 16.1. The van der Waals surface area contributed by atoms with Crippen LogP contribution in [0.25, 0.3) is 0 Å². The maximum Gasteiger partial charge on any atom is 0.228 e. The Morgan fingerprint density at radius 3 is 2.74 bits per heavy atom. The van der Waals surface area contributed by atoms with E-state index in [1.807, 2.05) is 41.2 Å². The van der Waals surface area contributed by atoms with Crippen molar-refractivity contribution >= 4 is 11.6 Å². The number of carbonyl (C=O) groups excluding carboxylic acids is 1. The molecule has 0 aliphatic rings. The van der Waals surface area contributed by atoms with E-state index in [1.165, 1.54) is 0 Å². The predicted octanol–water partition coefficient (Wildman–Crippen LogP) is 1.46. The number of nitrogens with two attached hydrogens (primary N) is 1. The molecule has 0 bridgehead atoms. The number of amides is 1. The molecule has 1 heterocycles. The van der Waals surface area contributed by atoms with Crippen LogP contribution in [0.15, 0.2) is 42.7 Å². The molecule has 0 saturated heterocycles. The van der Waals surface area contributed by atoms with Gasteiger partial charge in [-0.25, -0.2) is 0 Å². The fourth-order valence-electron chi connectivity index (χ4n) is 1.65. The third kappa shape index (κ3) is 3.66. The van der Waals surface area contributed by atoms with E-state index in [1.54, 1.807) is 13.1 Å². The zero-order valence-corrected chi connectivity index (χ0v) is 10.9. The number of hydrogen-bond acceptors (Lipinski definition) is 3. The molecule has 1 aromatic heterocycles. The first-order valence-electron chi connectivity index (χ1n) is 6.26. The van der Waals surface area contributed by atoms with Crippen LogP contribution in [-0.4, -0.2) is 22.2 Å². The van der Waals surface area contributed by atoms with Crippen molar-refractivity contribution in [1.82, 2.24) is 9.78 Å². The van der Waals surface area contributed by atoms with Crippen LogP contribution in [0.5, 0.6) is 0 Å². The van der Waals surface area contributed by atoms with Gasteiger partial charge in [-0.05, 0) is 23.8 Å². The van der Waals surface area contributed by atoms with Crippen molar-refractivity contribution in [3.05, 3.63) is 48.3 Å². The molecule has 100 valence electrons. The second-order valence-corrected chi connectivity index (χ2v) is 4.53. The van der Waals surface area contributed by atoms with Crippen molar-refractivity contribution < 1.29 is 4.79 Å². The van der Waals surface area contributed by atoms with Gasteiger partial charge in [0.1, 0.15) is 0 Å². The average molecular weight is 258 g/mol. The van der Waals surface area contributed by atoms with E-state index < -0.39 is 0 Å². The summed E-state index contributed by atoms with van der Waals surface area (Å²) in [6, 6.07) is 9.62. The first kappa shape index (κ1) is 13.3. The van der Waals surface area contributed by atoms with E-state index in [9.17, 15) is 4.79 Å². The summed E-state index contributed by atoms with van der Waals surface area (Å²) in [6.45, 7) is 2.88. The number of benzene rings is 1. The van der Waals surface area contributed by atoms with Gasteiger partial charge >= 0.3 is 0 Å². The molecule has 0 aliphatic heterocycles. The Morgan fingerprint density at radius 2 is 2.16 bits per heavy atom. The van der Waals surface area contributed by atoms with Gasteiger partial charge in [-0.3, -0.25) is 9.48 Å². The molecule has 5 heteroatoms. The monoisotopic (exact) mass is 258 g/mol. The molecule has 3 N–H and O–H groups in total. The minimum absolute atomic E-state index is 0.0534. The molecule has 1 aromatic carbocycles. The number of nitrogens with one attached hydrogen (secondary N) is 1. The number of anilines is 1. The Balaban J connectivity index is 1.96. The topological polar surface area (TPSA) is 72.9 Å². The first-order chi connectivity index (χ1) is 9.19. The van der Waals surface area contributed by atoms with Crippen LogP contribution in [0.1, 0.15) is 12.5 Å². The van der Waals surface area contributed by atoms with Gasteiger partial charge in [0.05, 0.1) is 6.54 Å². The normalized spacial score (nSPS) is 12.1. The summed E-state index contributed by atoms with van der Waals surface area (Å²) in [5.41, 5.74) is 7.38. The lowest BCUT2D eigenvalue weighted by molar-refractivity contribution is -0.119. The lowest BCUT2D eigenvalue weighted by atomic mass is 10.1. The average Bonchev–Trinajstić information content (AvgIpc) is 2.93. The number of nitrogens with zero attached hydrogens (tertiary/aromatic N) is 2. The SMILES string of the molecule is CC(CN)C(=O)Nc1ccc(Cn2cccn2)cc1. The highest BCUT2D eigenvalue weighted by molar-refractivity contribution is 5.92. The van der Waals surface area contributed by atoms with Gasteiger partial charge in [0.2, 0.25) is 5.91 Å². The summed E-state index contributed by atoms with van der Waals surface area (Å²) >= 11 is 0. The van der Waals surface area contributed by atoms with Crippen LogP contribution < -0.4 is 11.1 Å². The van der Waals surface area contributed by atoms with Crippen molar-refractivity contribution in [3.8, 4) is 0 Å². The smallest absolute Gasteiger partial charge is 0.228 e. The van der Waals surface area contributed by atoms with E-state index in [-0.39, 0.29) is 11.8 Å². The van der Waals surface area contributed by atoms with Gasteiger partial charge in [0.25, 0.3) is 0 Å². The molecule has 2 aromatic rings.